The fourth-order valence-corrected chi connectivity index (χ4v) is 3.16. The van der Waals surface area contributed by atoms with Crippen LogP contribution in [-0.4, -0.2) is 31.8 Å². The summed E-state index contributed by atoms with van der Waals surface area (Å²) in [4.78, 5) is 23.8. The number of esters is 1. The van der Waals surface area contributed by atoms with Crippen molar-refractivity contribution in [2.45, 2.75) is 20.3 Å². The molecule has 0 saturated heterocycles. The average molecular weight is 404 g/mol. The van der Waals surface area contributed by atoms with Gasteiger partial charge in [-0.2, -0.15) is 5.10 Å². The molecular weight excluding hydrogens is 380 g/mol. The quantitative estimate of drug-likeness (QED) is 0.370. The Morgan fingerprint density at radius 2 is 1.87 bits per heavy atom. The Balaban J connectivity index is 1.78. The van der Waals surface area contributed by atoms with Gasteiger partial charge in [0.1, 0.15) is 5.75 Å². The van der Waals surface area contributed by atoms with Gasteiger partial charge in [-0.25, -0.2) is 10.2 Å². The number of hydrazone groups is 1. The molecule has 30 heavy (non-hydrogen) atoms. The number of carbonyl (C=O) groups excluding carboxylic acids is 2. The highest BCUT2D eigenvalue weighted by Crippen LogP contribution is 2.26. The molecule has 0 atom stereocenters. The van der Waals surface area contributed by atoms with Gasteiger partial charge in [-0.05, 0) is 41.8 Å². The van der Waals surface area contributed by atoms with E-state index in [0.29, 0.717) is 11.3 Å². The normalized spacial score (nSPS) is 10.9. The Hall–Kier alpha value is -3.67. The van der Waals surface area contributed by atoms with Crippen molar-refractivity contribution in [3.8, 4) is 5.75 Å². The predicted octanol–water partition coefficient (Wildman–Crippen LogP) is 3.70. The molecule has 1 N–H and O–H groups in total. The zero-order valence-corrected chi connectivity index (χ0v) is 17.3. The predicted molar refractivity (Wildman–Crippen MR) is 117 cm³/mol. The Morgan fingerprint density at radius 1 is 1.07 bits per heavy atom. The lowest BCUT2D eigenvalue weighted by atomic mass is 10.0. The smallest absolute Gasteiger partial charge is 0.343 e. The van der Waals surface area contributed by atoms with Gasteiger partial charge in [-0.1, -0.05) is 54.1 Å². The van der Waals surface area contributed by atoms with Crippen molar-refractivity contribution >= 4 is 28.9 Å². The summed E-state index contributed by atoms with van der Waals surface area (Å²) in [5, 5.41) is 6.01. The number of aryl methyl sites for hydroxylation is 2. The van der Waals surface area contributed by atoms with Crippen LogP contribution in [0.3, 0.4) is 0 Å². The summed E-state index contributed by atoms with van der Waals surface area (Å²) in [6.07, 6.45) is 1.78. The van der Waals surface area contributed by atoms with Crippen LogP contribution in [0.5, 0.6) is 5.75 Å². The van der Waals surface area contributed by atoms with E-state index in [1.165, 1.54) is 13.3 Å². The highest BCUT2D eigenvalue weighted by molar-refractivity contribution is 6.02. The van der Waals surface area contributed by atoms with Gasteiger partial charge in [0.25, 0.3) is 0 Å². The molecular formula is C24H24N2O4. The van der Waals surface area contributed by atoms with Gasteiger partial charge in [0.15, 0.2) is 6.61 Å². The van der Waals surface area contributed by atoms with Crippen LogP contribution in [0.2, 0.25) is 0 Å². The first-order valence-electron chi connectivity index (χ1n) is 9.57. The minimum Gasteiger partial charge on any atom is -0.481 e. The van der Waals surface area contributed by atoms with Gasteiger partial charge in [-0.15, -0.1) is 0 Å². The number of amides is 1. The molecule has 3 aromatic rings. The van der Waals surface area contributed by atoms with E-state index in [1.54, 1.807) is 6.07 Å². The van der Waals surface area contributed by atoms with E-state index in [2.05, 4.69) is 15.3 Å². The summed E-state index contributed by atoms with van der Waals surface area (Å²) in [7, 11) is 1.31. The van der Waals surface area contributed by atoms with Gasteiger partial charge in [-0.3, -0.25) is 4.79 Å². The molecule has 6 heteroatoms. The molecule has 0 spiro atoms. The van der Waals surface area contributed by atoms with Crippen LogP contribution in [0.15, 0.2) is 59.7 Å². The van der Waals surface area contributed by atoms with Gasteiger partial charge < -0.3 is 9.47 Å². The van der Waals surface area contributed by atoms with Gasteiger partial charge in [0.2, 0.25) is 5.91 Å². The number of hydrogen-bond acceptors (Lipinski definition) is 5. The average Bonchev–Trinajstić information content (AvgIpc) is 2.74. The molecule has 0 heterocycles. The van der Waals surface area contributed by atoms with E-state index in [9.17, 15) is 9.59 Å². The third kappa shape index (κ3) is 5.23. The maximum Gasteiger partial charge on any atom is 0.343 e. The molecule has 0 aliphatic carbocycles. The van der Waals surface area contributed by atoms with E-state index in [4.69, 9.17) is 4.74 Å². The van der Waals surface area contributed by atoms with Crippen molar-refractivity contribution in [3.05, 3.63) is 76.9 Å². The standard InChI is InChI=1S/C24H24N2O4/c1-16-8-9-19(17(2)12-16)13-23(27)26-25-14-21-20-7-5-4-6-18(20)10-11-22(21)30-15-24(28)29-3/h4-12,14H,13,15H2,1-3H3,(H,26,27)/b25-14+. The molecule has 3 rings (SSSR count). The number of ether oxygens (including phenoxy) is 2. The third-order valence-electron chi connectivity index (χ3n) is 4.74. The van der Waals surface area contributed by atoms with Crippen LogP contribution in [0.25, 0.3) is 10.8 Å². The zero-order valence-electron chi connectivity index (χ0n) is 17.3. The molecule has 0 bridgehead atoms. The molecule has 3 aromatic carbocycles. The molecule has 0 radical (unpaired) electrons. The second kappa shape index (κ2) is 9.69. The van der Waals surface area contributed by atoms with Crippen LogP contribution in [0, 0.1) is 13.8 Å². The molecule has 1 amide bonds. The van der Waals surface area contributed by atoms with Crippen molar-refractivity contribution in [1.82, 2.24) is 5.43 Å². The third-order valence-corrected chi connectivity index (χ3v) is 4.74. The summed E-state index contributed by atoms with van der Waals surface area (Å²) in [5.41, 5.74) is 6.43. The van der Waals surface area contributed by atoms with E-state index < -0.39 is 5.97 Å². The van der Waals surface area contributed by atoms with Gasteiger partial charge >= 0.3 is 5.97 Å². The number of nitrogens with zero attached hydrogens (tertiary/aromatic N) is 1. The molecule has 0 fully saturated rings. The van der Waals surface area contributed by atoms with Crippen LogP contribution >= 0.6 is 0 Å². The summed E-state index contributed by atoms with van der Waals surface area (Å²) in [6.45, 7) is 3.79. The lowest BCUT2D eigenvalue weighted by molar-refractivity contribution is -0.142. The maximum atomic E-state index is 12.3. The highest BCUT2D eigenvalue weighted by Gasteiger charge is 2.10. The minimum atomic E-state index is -0.479. The van der Waals surface area contributed by atoms with Crippen molar-refractivity contribution in [1.29, 1.82) is 0 Å². The number of fused-ring (bicyclic) bond motifs is 1. The Kier molecular flexibility index (Phi) is 6.80. The first kappa shape index (κ1) is 21.0. The van der Waals surface area contributed by atoms with E-state index >= 15 is 0 Å². The Morgan fingerprint density at radius 3 is 2.63 bits per heavy atom. The van der Waals surface area contributed by atoms with Crippen molar-refractivity contribution < 1.29 is 19.1 Å². The maximum absolute atomic E-state index is 12.3. The molecule has 0 aliphatic rings. The summed E-state index contributed by atoms with van der Waals surface area (Å²) < 4.78 is 10.2. The van der Waals surface area contributed by atoms with Crippen LogP contribution < -0.4 is 10.2 Å². The van der Waals surface area contributed by atoms with E-state index in [1.807, 2.05) is 62.4 Å². The van der Waals surface area contributed by atoms with Crippen molar-refractivity contribution in [3.63, 3.8) is 0 Å². The SMILES string of the molecule is COC(=O)COc1ccc2ccccc2c1/C=N/NC(=O)Cc1ccc(C)cc1C. The lowest BCUT2D eigenvalue weighted by Crippen LogP contribution is -2.20. The van der Waals surface area contributed by atoms with Gasteiger partial charge in [0, 0.05) is 5.56 Å². The summed E-state index contributed by atoms with van der Waals surface area (Å²) >= 11 is 0. The number of nitrogens with one attached hydrogen (secondary N) is 1. The lowest BCUT2D eigenvalue weighted by Gasteiger charge is -2.11. The number of methoxy groups -OCH3 is 1. The second-order valence-corrected chi connectivity index (χ2v) is 6.96. The number of benzene rings is 3. The summed E-state index contributed by atoms with van der Waals surface area (Å²) in [6, 6.07) is 17.4. The first-order chi connectivity index (χ1) is 14.5. The molecule has 0 aromatic heterocycles. The van der Waals surface area contributed by atoms with Crippen molar-refractivity contribution in [2.24, 2.45) is 5.10 Å². The molecule has 0 saturated carbocycles. The highest BCUT2D eigenvalue weighted by atomic mass is 16.6. The Labute approximate surface area is 175 Å². The van der Waals surface area contributed by atoms with Crippen LogP contribution in [-0.2, 0) is 20.7 Å². The number of hydrogen-bond donors (Lipinski definition) is 1. The Bertz CT molecular complexity index is 1110. The molecule has 0 unspecified atom stereocenters. The largest absolute Gasteiger partial charge is 0.481 e. The fourth-order valence-electron chi connectivity index (χ4n) is 3.16. The molecule has 154 valence electrons. The number of carbonyl (C=O) groups is 2. The van der Waals surface area contributed by atoms with E-state index in [0.717, 1.165) is 27.5 Å². The second-order valence-electron chi connectivity index (χ2n) is 6.96. The molecule has 0 aliphatic heterocycles. The fraction of sp³-hybridized carbons (Fsp3) is 0.208. The summed E-state index contributed by atoms with van der Waals surface area (Å²) in [5.74, 6) is -0.213. The van der Waals surface area contributed by atoms with Crippen molar-refractivity contribution in [2.75, 3.05) is 13.7 Å². The topological polar surface area (TPSA) is 77.0 Å². The number of rotatable bonds is 7. The monoisotopic (exact) mass is 404 g/mol. The van der Waals surface area contributed by atoms with E-state index in [-0.39, 0.29) is 18.9 Å². The minimum absolute atomic E-state index is 0.213. The molecule has 6 nitrogen and oxygen atoms in total. The first-order valence-corrected chi connectivity index (χ1v) is 9.57. The zero-order chi connectivity index (χ0) is 21.5. The van der Waals surface area contributed by atoms with Gasteiger partial charge in [0.05, 0.1) is 19.7 Å². The van der Waals surface area contributed by atoms with Crippen LogP contribution in [0.1, 0.15) is 22.3 Å². The van der Waals surface area contributed by atoms with Crippen LogP contribution in [0.4, 0.5) is 0 Å².